The van der Waals surface area contributed by atoms with Gasteiger partial charge in [-0.2, -0.15) is 0 Å². The van der Waals surface area contributed by atoms with Crippen LogP contribution in [0.2, 0.25) is 0 Å². The number of nitrogens with two attached hydrogens (primary N) is 1. The summed E-state index contributed by atoms with van der Waals surface area (Å²) in [5.41, 5.74) is 8.47. The molecule has 3 rings (SSSR count). The van der Waals surface area contributed by atoms with Crippen molar-refractivity contribution in [1.82, 2.24) is 14.4 Å². The molecular weight excluding hydrogens is 262 g/mol. The van der Waals surface area contributed by atoms with E-state index in [0.717, 1.165) is 17.1 Å². The first-order chi connectivity index (χ1) is 9.96. The number of nitrogens with one attached hydrogen (secondary N) is 1. The van der Waals surface area contributed by atoms with E-state index in [0.29, 0.717) is 11.5 Å². The zero-order valence-electron chi connectivity index (χ0n) is 12.5. The molecule has 0 fully saturated rings. The van der Waals surface area contributed by atoms with Crippen molar-refractivity contribution in [3.05, 3.63) is 42.7 Å². The molecular formula is C16H19N5. The second-order valence-electron chi connectivity index (χ2n) is 6.06. The standard InChI is InChI=1S/C16H19N5/c1-16(2,3)20-14-12(11-7-5-4-6-8-11)19-15-13(17)18-9-10-21(14)15/h4-10,20H,1-3H3,(H2,17,18). The average Bonchev–Trinajstić information content (AvgIpc) is 2.78. The number of rotatable bonds is 2. The molecule has 0 saturated carbocycles. The number of fused-ring (bicyclic) bond motifs is 1. The third-order valence-electron chi connectivity index (χ3n) is 3.11. The van der Waals surface area contributed by atoms with Gasteiger partial charge in [0.05, 0.1) is 0 Å². The van der Waals surface area contributed by atoms with Crippen LogP contribution in [-0.4, -0.2) is 19.9 Å². The monoisotopic (exact) mass is 281 g/mol. The molecule has 2 heterocycles. The Kier molecular flexibility index (Phi) is 3.05. The van der Waals surface area contributed by atoms with E-state index >= 15 is 0 Å². The Morgan fingerprint density at radius 2 is 1.86 bits per heavy atom. The maximum atomic E-state index is 5.96. The first-order valence-electron chi connectivity index (χ1n) is 6.92. The van der Waals surface area contributed by atoms with Crippen molar-refractivity contribution in [3.8, 4) is 11.3 Å². The van der Waals surface area contributed by atoms with Gasteiger partial charge in [0, 0.05) is 23.5 Å². The van der Waals surface area contributed by atoms with Crippen LogP contribution in [0.15, 0.2) is 42.7 Å². The van der Waals surface area contributed by atoms with E-state index in [4.69, 9.17) is 5.73 Å². The van der Waals surface area contributed by atoms with E-state index in [2.05, 4.69) is 36.1 Å². The van der Waals surface area contributed by atoms with Crippen molar-refractivity contribution >= 4 is 17.3 Å². The van der Waals surface area contributed by atoms with Gasteiger partial charge in [-0.15, -0.1) is 0 Å². The molecule has 2 aromatic heterocycles. The van der Waals surface area contributed by atoms with Gasteiger partial charge in [0.15, 0.2) is 11.5 Å². The summed E-state index contributed by atoms with van der Waals surface area (Å²) in [6.45, 7) is 6.35. The van der Waals surface area contributed by atoms with Gasteiger partial charge in [-0.1, -0.05) is 30.3 Å². The Bertz CT molecular complexity index is 768. The van der Waals surface area contributed by atoms with E-state index in [1.54, 1.807) is 6.20 Å². The maximum Gasteiger partial charge on any atom is 0.182 e. The van der Waals surface area contributed by atoms with Gasteiger partial charge >= 0.3 is 0 Å². The van der Waals surface area contributed by atoms with Crippen LogP contribution in [0, 0.1) is 0 Å². The van der Waals surface area contributed by atoms with Gasteiger partial charge in [0.25, 0.3) is 0 Å². The molecule has 3 N–H and O–H groups in total. The molecule has 3 aromatic rings. The second kappa shape index (κ2) is 4.77. The van der Waals surface area contributed by atoms with Crippen molar-refractivity contribution in [2.75, 3.05) is 11.1 Å². The molecule has 0 radical (unpaired) electrons. The number of hydrogen-bond acceptors (Lipinski definition) is 4. The number of imidazole rings is 1. The number of nitrogens with zero attached hydrogens (tertiary/aromatic N) is 3. The topological polar surface area (TPSA) is 68.2 Å². The summed E-state index contributed by atoms with van der Waals surface area (Å²) in [5, 5.41) is 3.52. The SMILES string of the molecule is CC(C)(C)Nc1c(-c2ccccc2)nc2c(N)nccn12. The quantitative estimate of drug-likeness (QED) is 0.757. The first-order valence-corrected chi connectivity index (χ1v) is 6.92. The zero-order chi connectivity index (χ0) is 15.0. The van der Waals surface area contributed by atoms with Crippen LogP contribution >= 0.6 is 0 Å². The minimum Gasteiger partial charge on any atom is -0.381 e. The van der Waals surface area contributed by atoms with E-state index in [1.807, 2.05) is 40.9 Å². The summed E-state index contributed by atoms with van der Waals surface area (Å²) in [6, 6.07) is 10.1. The summed E-state index contributed by atoms with van der Waals surface area (Å²) in [5.74, 6) is 1.36. The Morgan fingerprint density at radius 1 is 1.14 bits per heavy atom. The molecule has 1 aromatic carbocycles. The molecule has 0 aliphatic heterocycles. The van der Waals surface area contributed by atoms with Gasteiger partial charge in [-0.3, -0.25) is 4.40 Å². The van der Waals surface area contributed by atoms with Crippen LogP contribution in [0.25, 0.3) is 16.9 Å². The molecule has 0 unspecified atom stereocenters. The highest BCUT2D eigenvalue weighted by atomic mass is 15.2. The summed E-state index contributed by atoms with van der Waals surface area (Å²) >= 11 is 0. The van der Waals surface area contributed by atoms with Crippen molar-refractivity contribution in [1.29, 1.82) is 0 Å². The van der Waals surface area contributed by atoms with Gasteiger partial charge < -0.3 is 11.1 Å². The number of anilines is 2. The normalized spacial score (nSPS) is 11.8. The summed E-state index contributed by atoms with van der Waals surface area (Å²) in [6.07, 6.45) is 3.56. The molecule has 0 saturated heterocycles. The summed E-state index contributed by atoms with van der Waals surface area (Å²) in [4.78, 5) is 8.80. The van der Waals surface area contributed by atoms with Gasteiger partial charge in [-0.25, -0.2) is 9.97 Å². The maximum absolute atomic E-state index is 5.96. The fourth-order valence-corrected chi connectivity index (χ4v) is 2.27. The second-order valence-corrected chi connectivity index (χ2v) is 6.06. The van der Waals surface area contributed by atoms with Gasteiger partial charge in [0.1, 0.15) is 11.5 Å². The predicted molar refractivity (Wildman–Crippen MR) is 86.2 cm³/mol. The fraction of sp³-hybridized carbons (Fsp3) is 0.250. The molecule has 5 nitrogen and oxygen atoms in total. The largest absolute Gasteiger partial charge is 0.381 e. The summed E-state index contributed by atoms with van der Waals surface area (Å²) < 4.78 is 1.95. The van der Waals surface area contributed by atoms with Crippen LogP contribution in [0.5, 0.6) is 0 Å². The molecule has 0 aliphatic carbocycles. The van der Waals surface area contributed by atoms with E-state index in [1.165, 1.54) is 0 Å². The number of nitrogen functional groups attached to an aromatic ring is 1. The molecule has 0 aliphatic rings. The Hall–Kier alpha value is -2.56. The van der Waals surface area contributed by atoms with Gasteiger partial charge in [0.2, 0.25) is 0 Å². The van der Waals surface area contributed by atoms with Crippen LogP contribution in [0.4, 0.5) is 11.6 Å². The van der Waals surface area contributed by atoms with Crippen molar-refractivity contribution in [2.45, 2.75) is 26.3 Å². The third kappa shape index (κ3) is 2.54. The minimum atomic E-state index is -0.0858. The molecule has 0 atom stereocenters. The Labute approximate surface area is 123 Å². The van der Waals surface area contributed by atoms with Crippen LogP contribution in [-0.2, 0) is 0 Å². The lowest BCUT2D eigenvalue weighted by Gasteiger charge is -2.22. The Morgan fingerprint density at radius 3 is 2.52 bits per heavy atom. The molecule has 0 bridgehead atoms. The highest BCUT2D eigenvalue weighted by Crippen LogP contribution is 2.31. The molecule has 108 valence electrons. The molecule has 0 amide bonds. The van der Waals surface area contributed by atoms with E-state index < -0.39 is 0 Å². The van der Waals surface area contributed by atoms with Crippen molar-refractivity contribution in [3.63, 3.8) is 0 Å². The Balaban J connectivity index is 2.28. The highest BCUT2D eigenvalue weighted by molar-refractivity contribution is 5.79. The molecule has 0 spiro atoms. The third-order valence-corrected chi connectivity index (χ3v) is 3.11. The smallest absolute Gasteiger partial charge is 0.182 e. The lowest BCUT2D eigenvalue weighted by Crippen LogP contribution is -2.27. The van der Waals surface area contributed by atoms with E-state index in [-0.39, 0.29) is 5.54 Å². The predicted octanol–water partition coefficient (Wildman–Crippen LogP) is 3.19. The number of hydrogen-bond donors (Lipinski definition) is 2. The highest BCUT2D eigenvalue weighted by Gasteiger charge is 2.20. The van der Waals surface area contributed by atoms with Crippen molar-refractivity contribution in [2.24, 2.45) is 0 Å². The lowest BCUT2D eigenvalue weighted by atomic mass is 10.1. The minimum absolute atomic E-state index is 0.0858. The first kappa shape index (κ1) is 13.4. The van der Waals surface area contributed by atoms with Crippen LogP contribution in [0.3, 0.4) is 0 Å². The van der Waals surface area contributed by atoms with Gasteiger partial charge in [-0.05, 0) is 20.8 Å². The zero-order valence-corrected chi connectivity index (χ0v) is 12.5. The fourth-order valence-electron chi connectivity index (χ4n) is 2.27. The lowest BCUT2D eigenvalue weighted by molar-refractivity contribution is 0.629. The van der Waals surface area contributed by atoms with E-state index in [9.17, 15) is 0 Å². The molecule has 5 heteroatoms. The molecule has 21 heavy (non-hydrogen) atoms. The number of benzene rings is 1. The average molecular weight is 281 g/mol. The summed E-state index contributed by atoms with van der Waals surface area (Å²) in [7, 11) is 0. The number of aromatic nitrogens is 3. The van der Waals surface area contributed by atoms with Crippen LogP contribution in [0.1, 0.15) is 20.8 Å². The van der Waals surface area contributed by atoms with Crippen LogP contribution < -0.4 is 11.1 Å². The van der Waals surface area contributed by atoms with Crippen molar-refractivity contribution < 1.29 is 0 Å².